The largest absolute Gasteiger partial charge is 0.448 e. The molecule has 0 radical (unpaired) electrons. The van der Waals surface area contributed by atoms with Gasteiger partial charge in [0.15, 0.2) is 30.1 Å². The van der Waals surface area contributed by atoms with E-state index < -0.39 is 61.7 Å². The van der Waals surface area contributed by atoms with Crippen LogP contribution in [-0.4, -0.2) is 32.1 Å². The average Bonchev–Trinajstić information content (AvgIpc) is 3.19. The molecule has 1 amide bonds. The van der Waals surface area contributed by atoms with Crippen LogP contribution in [0.3, 0.4) is 0 Å². The van der Waals surface area contributed by atoms with Gasteiger partial charge < -0.3 is 19.8 Å². The number of amides is 1. The second-order valence-electron chi connectivity index (χ2n) is 6.68. The Morgan fingerprint density at radius 2 is 1.62 bits per heavy atom. The molecule has 0 aliphatic carbocycles. The van der Waals surface area contributed by atoms with Gasteiger partial charge in [0.05, 0.1) is 11.1 Å². The van der Waals surface area contributed by atoms with E-state index in [0.29, 0.717) is 0 Å². The van der Waals surface area contributed by atoms with Gasteiger partial charge >= 0.3 is 8.60 Å². The standard InChI is InChI=1S/C21H14F4N3O5P/c22-15-13(11-6-2-1-3-7-11)16(23)18(25)19(17(15)24)26-20(29)14-12-8-4-5-9-28(12)27-21(14)32-10-33-34(30)31/h1-9,30-31H,10H2,(H,26,29). The van der Waals surface area contributed by atoms with Crippen molar-refractivity contribution < 1.29 is 41.4 Å². The highest BCUT2D eigenvalue weighted by molar-refractivity contribution is 7.39. The van der Waals surface area contributed by atoms with Gasteiger partial charge in [-0.15, -0.1) is 5.10 Å². The SMILES string of the molecule is O=C(Nc1c(F)c(F)c(-c2ccccc2)c(F)c1F)c1c(OCOP(O)O)nn2ccccc12. The number of nitrogens with zero attached hydrogens (tertiary/aromatic N) is 2. The Kier molecular flexibility index (Phi) is 6.75. The Labute approximate surface area is 190 Å². The number of carbonyl (C=O) groups is 1. The lowest BCUT2D eigenvalue weighted by Crippen LogP contribution is -2.17. The van der Waals surface area contributed by atoms with Crippen molar-refractivity contribution in [3.8, 4) is 17.0 Å². The fourth-order valence-electron chi connectivity index (χ4n) is 3.20. The molecule has 176 valence electrons. The highest BCUT2D eigenvalue weighted by Gasteiger charge is 2.29. The number of pyridine rings is 1. The summed E-state index contributed by atoms with van der Waals surface area (Å²) in [7, 11) is -2.77. The van der Waals surface area contributed by atoms with Gasteiger partial charge in [-0.3, -0.25) is 9.32 Å². The van der Waals surface area contributed by atoms with Gasteiger partial charge in [-0.25, -0.2) is 22.1 Å². The Bertz CT molecular complexity index is 1340. The zero-order valence-corrected chi connectivity index (χ0v) is 17.8. The van der Waals surface area contributed by atoms with Crippen molar-refractivity contribution in [3.63, 3.8) is 0 Å². The van der Waals surface area contributed by atoms with Gasteiger partial charge in [0.25, 0.3) is 5.91 Å². The molecule has 2 aromatic carbocycles. The lowest BCUT2D eigenvalue weighted by molar-refractivity contribution is 0.0947. The first kappa shape index (κ1) is 23.6. The highest BCUT2D eigenvalue weighted by atomic mass is 31.2. The lowest BCUT2D eigenvalue weighted by atomic mass is 10.0. The number of hydrogen-bond acceptors (Lipinski definition) is 6. The Balaban J connectivity index is 1.74. The van der Waals surface area contributed by atoms with Gasteiger partial charge in [0.1, 0.15) is 11.3 Å². The van der Waals surface area contributed by atoms with E-state index in [1.165, 1.54) is 47.1 Å². The van der Waals surface area contributed by atoms with Crippen LogP contribution in [-0.2, 0) is 4.52 Å². The van der Waals surface area contributed by atoms with E-state index in [1.807, 2.05) is 5.32 Å². The number of rotatable bonds is 7. The molecule has 2 aromatic heterocycles. The molecule has 13 heteroatoms. The zero-order chi connectivity index (χ0) is 24.4. The number of benzene rings is 2. The van der Waals surface area contributed by atoms with E-state index in [-0.39, 0.29) is 16.6 Å². The molecule has 34 heavy (non-hydrogen) atoms. The van der Waals surface area contributed by atoms with Crippen LogP contribution in [0.2, 0.25) is 0 Å². The highest BCUT2D eigenvalue weighted by Crippen LogP contribution is 2.35. The van der Waals surface area contributed by atoms with Crippen LogP contribution in [0, 0.1) is 23.3 Å². The molecule has 0 aliphatic rings. The molecule has 0 saturated carbocycles. The second-order valence-corrected chi connectivity index (χ2v) is 7.44. The van der Waals surface area contributed by atoms with Crippen molar-refractivity contribution in [2.45, 2.75) is 0 Å². The molecule has 0 saturated heterocycles. The molecule has 4 rings (SSSR count). The minimum absolute atomic E-state index is 0.0979. The number of hydrogen-bond donors (Lipinski definition) is 3. The summed E-state index contributed by atoms with van der Waals surface area (Å²) >= 11 is 0. The molecule has 0 atom stereocenters. The third kappa shape index (κ3) is 4.44. The quantitative estimate of drug-likeness (QED) is 0.152. The first-order valence-electron chi connectivity index (χ1n) is 9.43. The molecule has 0 unspecified atom stereocenters. The second kappa shape index (κ2) is 9.74. The maximum atomic E-state index is 14.8. The van der Waals surface area contributed by atoms with Crippen LogP contribution in [0.4, 0.5) is 23.2 Å². The predicted octanol–water partition coefficient (Wildman–Crippen LogP) is 4.37. The third-order valence-corrected chi connectivity index (χ3v) is 5.00. The van der Waals surface area contributed by atoms with Crippen LogP contribution >= 0.6 is 8.60 Å². The third-order valence-electron chi connectivity index (χ3n) is 4.66. The molecule has 2 heterocycles. The molecular formula is C21H14F4N3O5P. The Hall–Kier alpha value is -3.57. The summed E-state index contributed by atoms with van der Waals surface area (Å²) < 4.78 is 69.8. The number of anilines is 1. The van der Waals surface area contributed by atoms with Crippen LogP contribution in [0.5, 0.6) is 5.88 Å². The molecule has 3 N–H and O–H groups in total. The molecular weight excluding hydrogens is 481 g/mol. The van der Waals surface area contributed by atoms with Gasteiger partial charge in [-0.2, -0.15) is 0 Å². The van der Waals surface area contributed by atoms with Gasteiger partial charge in [0.2, 0.25) is 5.88 Å². The first-order chi connectivity index (χ1) is 16.3. The Morgan fingerprint density at radius 1 is 0.971 bits per heavy atom. The minimum Gasteiger partial charge on any atom is -0.448 e. The number of aromatic nitrogens is 2. The van der Waals surface area contributed by atoms with E-state index in [4.69, 9.17) is 14.5 Å². The zero-order valence-electron chi connectivity index (χ0n) is 16.9. The molecule has 0 bridgehead atoms. The van der Waals surface area contributed by atoms with Crippen molar-refractivity contribution in [2.75, 3.05) is 12.1 Å². The summed E-state index contributed by atoms with van der Waals surface area (Å²) in [4.78, 5) is 30.6. The lowest BCUT2D eigenvalue weighted by Gasteiger charge is -2.13. The van der Waals surface area contributed by atoms with E-state index >= 15 is 0 Å². The predicted molar refractivity (Wildman–Crippen MR) is 113 cm³/mol. The fourth-order valence-corrected chi connectivity index (χ4v) is 3.34. The number of carbonyl (C=O) groups excluding carboxylic acids is 1. The fraction of sp³-hybridized carbons (Fsp3) is 0.0476. The maximum Gasteiger partial charge on any atom is 0.330 e. The summed E-state index contributed by atoms with van der Waals surface area (Å²) in [6.07, 6.45) is 1.43. The van der Waals surface area contributed by atoms with Crippen molar-refractivity contribution in [2.24, 2.45) is 0 Å². The molecule has 0 aliphatic heterocycles. The number of halogens is 4. The normalized spacial score (nSPS) is 11.3. The summed E-state index contributed by atoms with van der Waals surface area (Å²) in [6.45, 7) is -0.722. The summed E-state index contributed by atoms with van der Waals surface area (Å²) in [5, 5.41) is 5.80. The van der Waals surface area contributed by atoms with Crippen LogP contribution in [0.15, 0.2) is 54.7 Å². The molecule has 0 fully saturated rings. The molecule has 8 nitrogen and oxygen atoms in total. The minimum atomic E-state index is -2.77. The number of fused-ring (bicyclic) bond motifs is 1. The van der Waals surface area contributed by atoms with E-state index in [0.717, 1.165) is 0 Å². The topological polar surface area (TPSA) is 105 Å². The maximum absolute atomic E-state index is 14.8. The smallest absolute Gasteiger partial charge is 0.330 e. The van der Waals surface area contributed by atoms with Crippen molar-refractivity contribution in [1.29, 1.82) is 0 Å². The summed E-state index contributed by atoms with van der Waals surface area (Å²) in [5.74, 6) is -8.59. The van der Waals surface area contributed by atoms with E-state index in [1.54, 1.807) is 12.1 Å². The Morgan fingerprint density at radius 3 is 2.26 bits per heavy atom. The van der Waals surface area contributed by atoms with Crippen LogP contribution in [0.25, 0.3) is 16.6 Å². The van der Waals surface area contributed by atoms with Crippen molar-refractivity contribution in [3.05, 3.63) is 83.6 Å². The number of nitrogens with one attached hydrogen (secondary N) is 1. The first-order valence-corrected chi connectivity index (χ1v) is 10.6. The van der Waals surface area contributed by atoms with Gasteiger partial charge in [-0.05, 0) is 17.7 Å². The van der Waals surface area contributed by atoms with Crippen LogP contribution in [0.1, 0.15) is 10.4 Å². The van der Waals surface area contributed by atoms with Crippen LogP contribution < -0.4 is 10.1 Å². The molecule has 4 aromatic rings. The molecule has 0 spiro atoms. The van der Waals surface area contributed by atoms with Gasteiger partial charge in [0, 0.05) is 6.20 Å². The number of ether oxygens (including phenoxy) is 1. The average molecular weight is 495 g/mol. The van der Waals surface area contributed by atoms with E-state index in [9.17, 15) is 22.4 Å². The van der Waals surface area contributed by atoms with E-state index in [2.05, 4.69) is 9.62 Å². The monoisotopic (exact) mass is 495 g/mol. The van der Waals surface area contributed by atoms with Crippen molar-refractivity contribution >= 4 is 25.7 Å². The summed E-state index contributed by atoms with van der Waals surface area (Å²) in [6, 6.07) is 11.5. The van der Waals surface area contributed by atoms with Crippen molar-refractivity contribution in [1.82, 2.24) is 9.61 Å². The van der Waals surface area contributed by atoms with Gasteiger partial charge in [-0.1, -0.05) is 36.4 Å². The summed E-state index contributed by atoms with van der Waals surface area (Å²) in [5.41, 5.74) is -2.59.